The molecule has 0 unspecified atom stereocenters. The molecule has 2 rings (SSSR count). The number of anilines is 1. The van der Waals surface area contributed by atoms with Crippen LogP contribution in [0.3, 0.4) is 0 Å². The summed E-state index contributed by atoms with van der Waals surface area (Å²) in [6.07, 6.45) is 1.64. The van der Waals surface area contributed by atoms with Crippen LogP contribution in [-0.4, -0.2) is 14.2 Å². The third-order valence-electron chi connectivity index (χ3n) is 2.51. The van der Waals surface area contributed by atoms with Gasteiger partial charge in [-0.1, -0.05) is 11.6 Å². The fraction of sp³-hybridized carbons (Fsp3) is 0.231. The lowest BCUT2D eigenvalue weighted by atomic mass is 10.2. The van der Waals surface area contributed by atoms with Crippen molar-refractivity contribution in [1.82, 2.24) is 0 Å². The van der Waals surface area contributed by atoms with Gasteiger partial charge in [0.2, 0.25) is 0 Å². The summed E-state index contributed by atoms with van der Waals surface area (Å²) in [6, 6.07) is 7.25. The predicted molar refractivity (Wildman–Crippen MR) is 70.6 cm³/mol. The Morgan fingerprint density at radius 1 is 1.22 bits per heavy atom. The van der Waals surface area contributed by atoms with Gasteiger partial charge in [0, 0.05) is 12.1 Å². The number of benzene rings is 1. The molecule has 1 aromatic heterocycles. The van der Waals surface area contributed by atoms with E-state index in [2.05, 4.69) is 5.32 Å². The lowest BCUT2D eigenvalue weighted by Gasteiger charge is -2.13. The molecule has 0 radical (unpaired) electrons. The normalized spacial score (nSPS) is 10.2. The summed E-state index contributed by atoms with van der Waals surface area (Å²) in [4.78, 5) is 0. The van der Waals surface area contributed by atoms with Gasteiger partial charge in [-0.15, -0.1) is 0 Å². The minimum Gasteiger partial charge on any atom is -0.495 e. The highest BCUT2D eigenvalue weighted by atomic mass is 35.5. The Kier molecular flexibility index (Phi) is 3.99. The predicted octanol–water partition coefficient (Wildman–Crippen LogP) is 3.56. The Morgan fingerprint density at radius 3 is 2.61 bits per heavy atom. The van der Waals surface area contributed by atoms with E-state index in [1.54, 1.807) is 32.6 Å². The molecule has 0 amide bonds. The maximum absolute atomic E-state index is 6.03. The summed E-state index contributed by atoms with van der Waals surface area (Å²) in [5.41, 5.74) is 0.801. The van der Waals surface area contributed by atoms with Crippen LogP contribution < -0.4 is 14.8 Å². The van der Waals surface area contributed by atoms with Crippen molar-refractivity contribution in [1.29, 1.82) is 0 Å². The van der Waals surface area contributed by atoms with Crippen LogP contribution in [0.15, 0.2) is 34.9 Å². The third-order valence-corrected chi connectivity index (χ3v) is 2.80. The topological polar surface area (TPSA) is 43.6 Å². The van der Waals surface area contributed by atoms with Gasteiger partial charge in [-0.2, -0.15) is 0 Å². The number of halogens is 1. The summed E-state index contributed by atoms with van der Waals surface area (Å²) in [6.45, 7) is 0.564. The molecule has 4 nitrogen and oxygen atoms in total. The number of ether oxygens (including phenoxy) is 2. The van der Waals surface area contributed by atoms with Crippen LogP contribution >= 0.6 is 11.6 Å². The van der Waals surface area contributed by atoms with Gasteiger partial charge in [-0.3, -0.25) is 0 Å². The number of hydrogen-bond acceptors (Lipinski definition) is 4. The quantitative estimate of drug-likeness (QED) is 0.900. The van der Waals surface area contributed by atoms with Crippen molar-refractivity contribution in [2.45, 2.75) is 6.54 Å². The first-order valence-electron chi connectivity index (χ1n) is 5.42. The van der Waals surface area contributed by atoms with E-state index in [4.69, 9.17) is 25.5 Å². The van der Waals surface area contributed by atoms with E-state index in [0.29, 0.717) is 23.1 Å². The second-order valence-electron chi connectivity index (χ2n) is 3.62. The molecule has 1 aromatic carbocycles. The molecule has 96 valence electrons. The van der Waals surface area contributed by atoms with Gasteiger partial charge in [0.15, 0.2) is 0 Å². The summed E-state index contributed by atoms with van der Waals surface area (Å²) in [5, 5.41) is 3.72. The monoisotopic (exact) mass is 267 g/mol. The first-order chi connectivity index (χ1) is 8.74. The van der Waals surface area contributed by atoms with Gasteiger partial charge in [0.25, 0.3) is 0 Å². The molecule has 0 saturated carbocycles. The van der Waals surface area contributed by atoms with Gasteiger partial charge in [-0.05, 0) is 12.1 Å². The van der Waals surface area contributed by atoms with Crippen molar-refractivity contribution in [2.24, 2.45) is 0 Å². The average Bonchev–Trinajstić information content (AvgIpc) is 2.90. The van der Waals surface area contributed by atoms with Crippen LogP contribution in [0.1, 0.15) is 5.76 Å². The Hall–Kier alpha value is -1.81. The van der Waals surface area contributed by atoms with Crippen LogP contribution in [0.5, 0.6) is 11.5 Å². The minimum absolute atomic E-state index is 0.512. The molecular weight excluding hydrogens is 254 g/mol. The number of nitrogens with one attached hydrogen (secondary N) is 1. The number of furan rings is 1. The molecule has 0 fully saturated rings. The van der Waals surface area contributed by atoms with Crippen molar-refractivity contribution < 1.29 is 13.9 Å². The Balaban J connectivity index is 2.19. The van der Waals surface area contributed by atoms with Crippen LogP contribution in [0.25, 0.3) is 0 Å². The minimum atomic E-state index is 0.512. The zero-order valence-electron chi connectivity index (χ0n) is 10.2. The second kappa shape index (κ2) is 5.69. The Bertz CT molecular complexity index is 511. The van der Waals surface area contributed by atoms with Gasteiger partial charge in [0.05, 0.1) is 37.7 Å². The van der Waals surface area contributed by atoms with Gasteiger partial charge < -0.3 is 19.2 Å². The SMILES string of the molecule is COc1cc(NCc2ccco2)c(OC)cc1Cl. The summed E-state index contributed by atoms with van der Waals surface area (Å²) in [7, 11) is 3.17. The Morgan fingerprint density at radius 2 is 2.00 bits per heavy atom. The fourth-order valence-electron chi connectivity index (χ4n) is 1.59. The summed E-state index contributed by atoms with van der Waals surface area (Å²) >= 11 is 6.03. The van der Waals surface area contributed by atoms with Crippen molar-refractivity contribution >= 4 is 17.3 Å². The Labute approximate surface area is 110 Å². The summed E-state index contributed by atoms with van der Waals surface area (Å²) < 4.78 is 15.7. The zero-order chi connectivity index (χ0) is 13.0. The number of methoxy groups -OCH3 is 2. The van der Waals surface area contributed by atoms with Gasteiger partial charge in [-0.25, -0.2) is 0 Å². The fourth-order valence-corrected chi connectivity index (χ4v) is 1.82. The molecule has 1 N–H and O–H groups in total. The van der Waals surface area contributed by atoms with Crippen molar-refractivity contribution in [2.75, 3.05) is 19.5 Å². The largest absolute Gasteiger partial charge is 0.495 e. The smallest absolute Gasteiger partial charge is 0.143 e. The molecule has 18 heavy (non-hydrogen) atoms. The maximum atomic E-state index is 6.03. The van der Waals surface area contributed by atoms with E-state index in [1.807, 2.05) is 12.1 Å². The standard InChI is InChI=1S/C13H14ClNO3/c1-16-12-7-11(13(17-2)6-10(12)14)15-8-9-4-3-5-18-9/h3-7,15H,8H2,1-2H3. The zero-order valence-corrected chi connectivity index (χ0v) is 11.0. The number of rotatable bonds is 5. The van der Waals surface area contributed by atoms with E-state index in [0.717, 1.165) is 11.4 Å². The average molecular weight is 268 g/mol. The lowest BCUT2D eigenvalue weighted by molar-refractivity contribution is 0.404. The first-order valence-corrected chi connectivity index (χ1v) is 5.80. The molecular formula is C13H14ClNO3. The maximum Gasteiger partial charge on any atom is 0.143 e. The lowest BCUT2D eigenvalue weighted by Crippen LogP contribution is -2.01. The molecule has 0 spiro atoms. The molecule has 0 atom stereocenters. The highest BCUT2D eigenvalue weighted by molar-refractivity contribution is 6.32. The molecule has 2 aromatic rings. The molecule has 0 aliphatic heterocycles. The van der Waals surface area contributed by atoms with Crippen molar-refractivity contribution in [3.8, 4) is 11.5 Å². The van der Waals surface area contributed by atoms with E-state index in [1.165, 1.54) is 0 Å². The van der Waals surface area contributed by atoms with E-state index in [9.17, 15) is 0 Å². The highest BCUT2D eigenvalue weighted by Gasteiger charge is 2.09. The number of hydrogen-bond donors (Lipinski definition) is 1. The molecule has 0 aliphatic carbocycles. The third kappa shape index (κ3) is 2.71. The molecule has 1 heterocycles. The summed E-state index contributed by atoms with van der Waals surface area (Å²) in [5.74, 6) is 2.10. The van der Waals surface area contributed by atoms with Crippen LogP contribution in [-0.2, 0) is 6.54 Å². The molecule has 0 saturated heterocycles. The van der Waals surface area contributed by atoms with E-state index >= 15 is 0 Å². The molecule has 0 aliphatic rings. The van der Waals surface area contributed by atoms with Crippen LogP contribution in [0.4, 0.5) is 5.69 Å². The van der Waals surface area contributed by atoms with E-state index < -0.39 is 0 Å². The molecule has 0 bridgehead atoms. The van der Waals surface area contributed by atoms with Crippen molar-refractivity contribution in [3.05, 3.63) is 41.3 Å². The highest BCUT2D eigenvalue weighted by Crippen LogP contribution is 2.36. The van der Waals surface area contributed by atoms with Crippen LogP contribution in [0.2, 0.25) is 5.02 Å². The second-order valence-corrected chi connectivity index (χ2v) is 4.03. The van der Waals surface area contributed by atoms with Crippen LogP contribution in [0, 0.1) is 0 Å². The van der Waals surface area contributed by atoms with Gasteiger partial charge in [0.1, 0.15) is 17.3 Å². The van der Waals surface area contributed by atoms with Gasteiger partial charge >= 0.3 is 0 Å². The van der Waals surface area contributed by atoms with E-state index in [-0.39, 0.29) is 0 Å². The van der Waals surface area contributed by atoms with Crippen molar-refractivity contribution in [3.63, 3.8) is 0 Å². The molecule has 5 heteroatoms. The first kappa shape index (κ1) is 12.6.